The van der Waals surface area contributed by atoms with E-state index in [0.717, 1.165) is 11.3 Å². The summed E-state index contributed by atoms with van der Waals surface area (Å²) in [6.07, 6.45) is 2.12. The van der Waals surface area contributed by atoms with E-state index >= 15 is 0 Å². The summed E-state index contributed by atoms with van der Waals surface area (Å²) in [6, 6.07) is 8.33. The average molecular weight is 505 g/mol. The number of halogens is 1. The van der Waals surface area contributed by atoms with Crippen LogP contribution in [0.2, 0.25) is 5.02 Å². The van der Waals surface area contributed by atoms with Crippen LogP contribution in [-0.2, 0) is 11.5 Å². The first-order valence-corrected chi connectivity index (χ1v) is 11.7. The minimum absolute atomic E-state index is 0.0172. The third-order valence-electron chi connectivity index (χ3n) is 4.73. The third-order valence-corrected chi connectivity index (χ3v) is 6.18. The third kappa shape index (κ3) is 5.75. The van der Waals surface area contributed by atoms with Gasteiger partial charge in [0.25, 0.3) is 11.8 Å². The number of amides is 2. The van der Waals surface area contributed by atoms with Crippen molar-refractivity contribution in [3.8, 4) is 5.75 Å². The van der Waals surface area contributed by atoms with E-state index in [0.29, 0.717) is 27.6 Å². The van der Waals surface area contributed by atoms with E-state index in [4.69, 9.17) is 21.1 Å². The summed E-state index contributed by atoms with van der Waals surface area (Å²) < 4.78 is 12.3. The number of carbonyl (C=O) groups excluding carboxylic acids is 3. The molecule has 2 amide bonds. The van der Waals surface area contributed by atoms with Crippen LogP contribution in [-0.4, -0.2) is 53.2 Å². The van der Waals surface area contributed by atoms with Gasteiger partial charge in [-0.15, -0.1) is 11.3 Å². The molecule has 3 aromatic rings. The Morgan fingerprint density at radius 3 is 2.53 bits per heavy atom. The molecule has 9 nitrogen and oxygen atoms in total. The largest absolute Gasteiger partial charge is 0.471 e. The number of nitrogens with zero attached hydrogens (tertiary/aromatic N) is 3. The molecule has 0 aliphatic carbocycles. The Morgan fingerprint density at radius 2 is 1.88 bits per heavy atom. The Balaban J connectivity index is 1.84. The van der Waals surface area contributed by atoms with Crippen molar-refractivity contribution in [2.75, 3.05) is 26.0 Å². The van der Waals surface area contributed by atoms with Gasteiger partial charge in [-0.2, -0.15) is 5.10 Å². The summed E-state index contributed by atoms with van der Waals surface area (Å²) in [5.74, 6) is -0.808. The first-order chi connectivity index (χ1) is 16.2. The van der Waals surface area contributed by atoms with Crippen LogP contribution in [0.1, 0.15) is 49.4 Å². The van der Waals surface area contributed by atoms with Gasteiger partial charge in [0.1, 0.15) is 16.4 Å². The summed E-state index contributed by atoms with van der Waals surface area (Å²) >= 11 is 6.92. The number of nitrogens with one attached hydrogen (secondary N) is 1. The highest BCUT2D eigenvalue weighted by Crippen LogP contribution is 2.34. The van der Waals surface area contributed by atoms with Gasteiger partial charge in [-0.1, -0.05) is 18.5 Å². The Bertz CT molecular complexity index is 1190. The number of aromatic nitrogens is 2. The van der Waals surface area contributed by atoms with Crippen molar-refractivity contribution in [3.63, 3.8) is 0 Å². The van der Waals surface area contributed by atoms with Gasteiger partial charge in [-0.05, 0) is 49.2 Å². The molecule has 0 aliphatic rings. The normalized spacial score (nSPS) is 10.6. The predicted octanol–water partition coefficient (Wildman–Crippen LogP) is 4.46. The zero-order chi connectivity index (χ0) is 24.8. The van der Waals surface area contributed by atoms with Crippen LogP contribution in [0.4, 0.5) is 5.00 Å². The lowest BCUT2D eigenvalue weighted by atomic mass is 10.1. The maximum absolute atomic E-state index is 13.1. The highest BCUT2D eigenvalue weighted by atomic mass is 35.5. The smallest absolute Gasteiger partial charge is 0.341 e. The Morgan fingerprint density at radius 1 is 1.18 bits per heavy atom. The number of hydrogen-bond acceptors (Lipinski definition) is 7. The molecule has 2 aromatic heterocycles. The Kier molecular flexibility index (Phi) is 8.30. The molecule has 0 aliphatic heterocycles. The van der Waals surface area contributed by atoms with Gasteiger partial charge in [-0.25, -0.2) is 9.48 Å². The fraction of sp³-hybridized carbons (Fsp3) is 0.304. The quantitative estimate of drug-likeness (QED) is 0.431. The van der Waals surface area contributed by atoms with E-state index in [1.54, 1.807) is 45.3 Å². The predicted molar refractivity (Wildman–Crippen MR) is 130 cm³/mol. The first kappa shape index (κ1) is 25.3. The summed E-state index contributed by atoms with van der Waals surface area (Å²) in [7, 11) is 3.24. The topological polar surface area (TPSA) is 103 Å². The fourth-order valence-corrected chi connectivity index (χ4v) is 4.32. The highest BCUT2D eigenvalue weighted by molar-refractivity contribution is 7.18. The van der Waals surface area contributed by atoms with E-state index in [9.17, 15) is 14.4 Å². The maximum Gasteiger partial charge on any atom is 0.341 e. The molecule has 34 heavy (non-hydrogen) atoms. The molecule has 1 N–H and O–H groups in total. The minimum Gasteiger partial charge on any atom is -0.471 e. The molecule has 0 fully saturated rings. The summed E-state index contributed by atoms with van der Waals surface area (Å²) in [5.41, 5.74) is 0.841. The van der Waals surface area contributed by atoms with Crippen molar-refractivity contribution in [2.24, 2.45) is 0 Å². The lowest BCUT2D eigenvalue weighted by Crippen LogP contribution is -2.21. The number of esters is 1. The fourth-order valence-electron chi connectivity index (χ4n) is 2.98. The van der Waals surface area contributed by atoms with Crippen molar-refractivity contribution >= 4 is 45.7 Å². The molecule has 0 saturated heterocycles. The van der Waals surface area contributed by atoms with Crippen LogP contribution in [0, 0.1) is 6.92 Å². The van der Waals surface area contributed by atoms with Crippen LogP contribution >= 0.6 is 22.9 Å². The monoisotopic (exact) mass is 504 g/mol. The van der Waals surface area contributed by atoms with Gasteiger partial charge in [0, 0.05) is 25.3 Å². The molecule has 0 radical (unpaired) electrons. The zero-order valence-corrected chi connectivity index (χ0v) is 20.8. The van der Waals surface area contributed by atoms with Gasteiger partial charge >= 0.3 is 5.97 Å². The second-order valence-electron chi connectivity index (χ2n) is 7.49. The first-order valence-electron chi connectivity index (χ1n) is 10.5. The maximum atomic E-state index is 13.1. The molecular weight excluding hydrogens is 480 g/mol. The van der Waals surface area contributed by atoms with Gasteiger partial charge in [-0.3, -0.25) is 9.59 Å². The number of thiophene rings is 1. The molecule has 0 spiro atoms. The van der Waals surface area contributed by atoms with E-state index in [1.165, 1.54) is 21.8 Å². The number of ether oxygens (including phenoxy) is 2. The molecule has 180 valence electrons. The number of carbonyl (C=O) groups is 3. The van der Waals surface area contributed by atoms with Crippen molar-refractivity contribution in [1.82, 2.24) is 14.7 Å². The number of benzene rings is 1. The van der Waals surface area contributed by atoms with Crippen LogP contribution in [0.3, 0.4) is 0 Å². The Labute approximate surface area is 206 Å². The van der Waals surface area contributed by atoms with Crippen LogP contribution in [0.25, 0.3) is 0 Å². The Hall–Kier alpha value is -3.37. The van der Waals surface area contributed by atoms with Gasteiger partial charge in [0.2, 0.25) is 0 Å². The van der Waals surface area contributed by atoms with Crippen LogP contribution < -0.4 is 10.1 Å². The minimum atomic E-state index is -0.594. The number of anilines is 1. The summed E-state index contributed by atoms with van der Waals surface area (Å²) in [5, 5.41) is 7.70. The molecule has 0 atom stereocenters. The van der Waals surface area contributed by atoms with Crippen molar-refractivity contribution in [2.45, 2.75) is 27.0 Å². The van der Waals surface area contributed by atoms with Gasteiger partial charge in [0.05, 0.1) is 17.0 Å². The van der Waals surface area contributed by atoms with Crippen LogP contribution in [0.5, 0.6) is 5.75 Å². The lowest BCUT2D eigenvalue weighted by molar-refractivity contribution is 0.0506. The molecular formula is C23H25ClN4O5S. The van der Waals surface area contributed by atoms with Crippen molar-refractivity contribution in [3.05, 3.63) is 63.2 Å². The summed E-state index contributed by atoms with van der Waals surface area (Å²) in [6.45, 7) is 3.75. The lowest BCUT2D eigenvalue weighted by Gasteiger charge is -2.11. The second-order valence-corrected chi connectivity index (χ2v) is 8.95. The molecule has 0 unspecified atom stereocenters. The number of hydrogen-bond donors (Lipinski definition) is 1. The van der Waals surface area contributed by atoms with Crippen molar-refractivity contribution < 1.29 is 23.9 Å². The zero-order valence-electron chi connectivity index (χ0n) is 19.3. The molecule has 0 bridgehead atoms. The average Bonchev–Trinajstić information content (AvgIpc) is 3.40. The van der Waals surface area contributed by atoms with Crippen molar-refractivity contribution in [1.29, 1.82) is 0 Å². The number of rotatable bonds is 9. The van der Waals surface area contributed by atoms with Gasteiger partial charge < -0.3 is 19.7 Å². The van der Waals surface area contributed by atoms with Crippen LogP contribution in [0.15, 0.2) is 36.5 Å². The second kappa shape index (κ2) is 11.2. The molecule has 2 heterocycles. The van der Waals surface area contributed by atoms with E-state index in [1.807, 2.05) is 6.92 Å². The SMILES string of the molecule is CCCOC(=O)c1c(NC(=O)c2ccnn2COc2ccc(Cl)cc2)sc(C(=O)N(C)C)c1C. The van der Waals surface area contributed by atoms with Gasteiger partial charge in [0.15, 0.2) is 6.73 Å². The van der Waals surface area contributed by atoms with E-state index in [-0.39, 0.29) is 35.5 Å². The summed E-state index contributed by atoms with van der Waals surface area (Å²) in [4.78, 5) is 40.2. The van der Waals surface area contributed by atoms with E-state index in [2.05, 4.69) is 10.4 Å². The molecule has 1 aromatic carbocycles. The standard InChI is InChI=1S/C23H25ClN4O5S/c1-5-12-32-23(31)18-14(2)19(22(30)27(3)4)34-21(18)26-20(29)17-10-11-25-28(17)13-33-16-8-6-15(24)7-9-16/h6-11H,5,12-13H2,1-4H3,(H,26,29). The van der Waals surface area contributed by atoms with E-state index < -0.39 is 11.9 Å². The highest BCUT2D eigenvalue weighted by Gasteiger charge is 2.28. The molecule has 3 rings (SSSR count). The molecule has 0 saturated carbocycles. The molecule has 11 heteroatoms.